The van der Waals surface area contributed by atoms with Crippen LogP contribution in [0.2, 0.25) is 0 Å². The second-order valence-electron chi connectivity index (χ2n) is 7.90. The van der Waals surface area contributed by atoms with Gasteiger partial charge < -0.3 is 25.1 Å². The summed E-state index contributed by atoms with van der Waals surface area (Å²) in [4.78, 5) is 27.6. The van der Waals surface area contributed by atoms with E-state index in [1.165, 1.54) is 0 Å². The number of para-hydroxylation sites is 2. The fraction of sp³-hybridized carbons (Fsp3) is 0.261. The number of carbonyl (C=O) groups excluding carboxylic acids is 1. The van der Waals surface area contributed by atoms with Crippen molar-refractivity contribution in [3.63, 3.8) is 0 Å². The Balaban J connectivity index is 1.41. The number of fused-ring (bicyclic) bond motifs is 2. The van der Waals surface area contributed by atoms with Gasteiger partial charge >= 0.3 is 0 Å². The van der Waals surface area contributed by atoms with E-state index < -0.39 is 0 Å². The van der Waals surface area contributed by atoms with E-state index in [-0.39, 0.29) is 24.4 Å². The number of aromatic nitrogens is 1. The smallest absolute Gasteiger partial charge is 0.261 e. The van der Waals surface area contributed by atoms with E-state index in [2.05, 4.69) is 20.4 Å². The average molecular weight is 417 g/mol. The number of aromatic hydroxyl groups is 1. The van der Waals surface area contributed by atoms with E-state index in [1.54, 1.807) is 0 Å². The predicted molar refractivity (Wildman–Crippen MR) is 119 cm³/mol. The average Bonchev–Trinajstić information content (AvgIpc) is 3.42. The van der Waals surface area contributed by atoms with Gasteiger partial charge in [-0.05, 0) is 32.1 Å². The zero-order valence-electron chi connectivity index (χ0n) is 17.1. The molecule has 0 radical (unpaired) electrons. The number of hydrogen-bond acceptors (Lipinski definition) is 6. The Morgan fingerprint density at radius 2 is 2.10 bits per heavy atom. The van der Waals surface area contributed by atoms with Gasteiger partial charge in [-0.3, -0.25) is 4.79 Å². The van der Waals surface area contributed by atoms with Crippen molar-refractivity contribution in [2.24, 2.45) is 10.1 Å². The van der Waals surface area contributed by atoms with Crippen molar-refractivity contribution in [2.75, 3.05) is 26.7 Å². The summed E-state index contributed by atoms with van der Waals surface area (Å²) >= 11 is 0. The molecule has 31 heavy (non-hydrogen) atoms. The number of likely N-dealkylation sites (N-methyl/N-ethyl adjacent to an activating group) is 1. The Morgan fingerprint density at radius 1 is 1.29 bits per heavy atom. The van der Waals surface area contributed by atoms with Crippen molar-refractivity contribution in [1.82, 2.24) is 15.2 Å². The molecule has 0 saturated carbocycles. The Morgan fingerprint density at radius 3 is 2.94 bits per heavy atom. The third-order valence-electron chi connectivity index (χ3n) is 5.65. The molecule has 3 N–H and O–H groups in total. The summed E-state index contributed by atoms with van der Waals surface area (Å²) in [6.07, 6.45) is 0.931. The lowest BCUT2D eigenvalue weighted by Gasteiger charge is -2.12. The highest BCUT2D eigenvalue weighted by molar-refractivity contribution is 6.58. The van der Waals surface area contributed by atoms with Crippen LogP contribution in [0.4, 0.5) is 5.69 Å². The van der Waals surface area contributed by atoms with Crippen LogP contribution in [0.3, 0.4) is 0 Å². The lowest BCUT2D eigenvalue weighted by atomic mass is 10.0. The van der Waals surface area contributed by atoms with Crippen molar-refractivity contribution >= 4 is 33.9 Å². The van der Waals surface area contributed by atoms with Crippen LogP contribution in [0.15, 0.2) is 58.7 Å². The molecule has 2 aliphatic heterocycles. The molecular weight excluding hydrogens is 394 g/mol. The minimum Gasteiger partial charge on any atom is -0.494 e. The Labute approximate surface area is 179 Å². The molecule has 0 unspecified atom stereocenters. The molecule has 1 fully saturated rings. The number of nitrogens with zero attached hydrogens (tertiary/aromatic N) is 3. The standard InChI is InChI=1S/C23H23N5O3/c1-28-11-10-14(12-28)24-19(29)13-31-27-21-16-7-3-5-9-18(16)25-22(21)20-15-6-2-4-8-17(15)26-23(20)30/h2-9,14,26,30H,10-13H2,1H3,(H,24,29)/b27-21+/t14-/m0/s1. The Bertz CT molecular complexity index is 1210. The van der Waals surface area contributed by atoms with Gasteiger partial charge in [0.15, 0.2) is 12.5 Å². The summed E-state index contributed by atoms with van der Waals surface area (Å²) in [7, 11) is 2.03. The van der Waals surface area contributed by atoms with Crippen LogP contribution in [0, 0.1) is 0 Å². The van der Waals surface area contributed by atoms with Gasteiger partial charge in [-0.1, -0.05) is 41.6 Å². The molecular formula is C23H23N5O3. The summed E-state index contributed by atoms with van der Waals surface area (Å²) in [6, 6.07) is 15.3. The summed E-state index contributed by atoms with van der Waals surface area (Å²) in [5.74, 6) is -0.187. The van der Waals surface area contributed by atoms with Gasteiger partial charge in [0.2, 0.25) is 0 Å². The molecule has 0 spiro atoms. The maximum atomic E-state index is 12.3. The van der Waals surface area contributed by atoms with Gasteiger partial charge in [0.05, 0.1) is 11.3 Å². The van der Waals surface area contributed by atoms with Crippen LogP contribution in [-0.2, 0) is 9.63 Å². The maximum absolute atomic E-state index is 12.3. The number of nitrogens with one attached hydrogen (secondary N) is 2. The monoisotopic (exact) mass is 417 g/mol. The first-order valence-electron chi connectivity index (χ1n) is 10.3. The molecule has 8 heteroatoms. The van der Waals surface area contributed by atoms with Gasteiger partial charge in [-0.2, -0.15) is 0 Å². The topological polar surface area (TPSA) is 102 Å². The number of H-pyrrole nitrogens is 1. The van der Waals surface area contributed by atoms with E-state index in [9.17, 15) is 9.90 Å². The van der Waals surface area contributed by atoms with Gasteiger partial charge in [0.1, 0.15) is 11.4 Å². The van der Waals surface area contributed by atoms with E-state index in [1.807, 2.05) is 55.6 Å². The van der Waals surface area contributed by atoms with Crippen molar-refractivity contribution in [3.8, 4) is 5.88 Å². The zero-order chi connectivity index (χ0) is 21.4. The van der Waals surface area contributed by atoms with Crippen LogP contribution in [0.5, 0.6) is 5.88 Å². The second kappa shape index (κ2) is 7.88. The van der Waals surface area contributed by atoms with E-state index in [0.29, 0.717) is 17.0 Å². The molecule has 158 valence electrons. The van der Waals surface area contributed by atoms with Crippen LogP contribution < -0.4 is 5.32 Å². The number of oxime groups is 1. The molecule has 3 heterocycles. The highest BCUT2D eigenvalue weighted by Crippen LogP contribution is 2.35. The minimum absolute atomic E-state index is 0.0172. The molecule has 3 aromatic rings. The molecule has 8 nitrogen and oxygen atoms in total. The second-order valence-corrected chi connectivity index (χ2v) is 7.90. The van der Waals surface area contributed by atoms with Gasteiger partial charge in [0, 0.05) is 29.1 Å². The summed E-state index contributed by atoms with van der Waals surface area (Å²) in [5, 5.41) is 18.7. The van der Waals surface area contributed by atoms with Gasteiger partial charge in [-0.15, -0.1) is 0 Å². The van der Waals surface area contributed by atoms with Crippen molar-refractivity contribution in [2.45, 2.75) is 12.5 Å². The van der Waals surface area contributed by atoms with Crippen molar-refractivity contribution < 1.29 is 14.7 Å². The molecule has 1 saturated heterocycles. The number of carbonyl (C=O) groups is 1. The lowest BCUT2D eigenvalue weighted by molar-refractivity contribution is -0.126. The third-order valence-corrected chi connectivity index (χ3v) is 5.65. The highest BCUT2D eigenvalue weighted by atomic mass is 16.6. The lowest BCUT2D eigenvalue weighted by Crippen LogP contribution is -2.38. The van der Waals surface area contributed by atoms with E-state index >= 15 is 0 Å². The largest absolute Gasteiger partial charge is 0.494 e. The van der Waals surface area contributed by atoms with E-state index in [0.717, 1.165) is 41.7 Å². The molecule has 0 aliphatic carbocycles. The number of aliphatic imine (C=N–C) groups is 1. The molecule has 0 bridgehead atoms. The van der Waals surface area contributed by atoms with Crippen molar-refractivity contribution in [3.05, 3.63) is 59.7 Å². The maximum Gasteiger partial charge on any atom is 0.261 e. The molecule has 5 rings (SSSR count). The van der Waals surface area contributed by atoms with Gasteiger partial charge in [-0.25, -0.2) is 4.99 Å². The molecule has 2 aliphatic rings. The fourth-order valence-corrected chi connectivity index (χ4v) is 4.18. The fourth-order valence-electron chi connectivity index (χ4n) is 4.18. The number of aromatic amines is 1. The molecule has 2 aromatic carbocycles. The SMILES string of the molecule is CN1CC[C@H](NC(=O)CO/N=C2/C(c3c(O)[nH]c4ccccc34)=Nc3ccccc32)C1. The Hall–Kier alpha value is -3.65. The first-order valence-corrected chi connectivity index (χ1v) is 10.3. The van der Waals surface area contributed by atoms with Crippen LogP contribution in [0.1, 0.15) is 17.5 Å². The highest BCUT2D eigenvalue weighted by Gasteiger charge is 2.29. The Kier molecular flexibility index (Phi) is 4.91. The quantitative estimate of drug-likeness (QED) is 0.555. The molecule has 1 amide bonds. The van der Waals surface area contributed by atoms with Gasteiger partial charge in [0.25, 0.3) is 5.91 Å². The predicted octanol–water partition coefficient (Wildman–Crippen LogP) is 2.55. The number of hydrogen-bond donors (Lipinski definition) is 3. The summed E-state index contributed by atoms with van der Waals surface area (Å²) < 4.78 is 0. The molecule has 1 aromatic heterocycles. The van der Waals surface area contributed by atoms with Crippen LogP contribution in [-0.4, -0.2) is 65.1 Å². The first kappa shape index (κ1) is 19.3. The summed E-state index contributed by atoms with van der Waals surface area (Å²) in [6.45, 7) is 1.63. The number of benzene rings is 2. The number of rotatable bonds is 5. The molecule has 1 atom stereocenters. The van der Waals surface area contributed by atoms with Crippen LogP contribution >= 0.6 is 0 Å². The number of likely N-dealkylation sites (tertiary alicyclic amines) is 1. The summed E-state index contributed by atoms with van der Waals surface area (Å²) in [5.41, 5.74) is 3.89. The third kappa shape index (κ3) is 3.66. The number of amides is 1. The van der Waals surface area contributed by atoms with Crippen LogP contribution in [0.25, 0.3) is 10.9 Å². The van der Waals surface area contributed by atoms with Crippen molar-refractivity contribution in [1.29, 1.82) is 0 Å². The normalized spacial score (nSPS) is 19.6. The minimum atomic E-state index is -0.204. The zero-order valence-corrected chi connectivity index (χ0v) is 17.1. The van der Waals surface area contributed by atoms with E-state index in [4.69, 9.17) is 9.83 Å². The first-order chi connectivity index (χ1) is 15.1.